The number of ether oxygens (including phenoxy) is 1. The predicted molar refractivity (Wildman–Crippen MR) is 69.7 cm³/mol. The van der Waals surface area contributed by atoms with Crippen molar-refractivity contribution < 1.29 is 14.6 Å². The SMILES string of the molecule is CCOC(=O)c1nn([C@H]2C[C@H](CO)C2)cc1I. The number of halogens is 1. The average molecular weight is 350 g/mol. The van der Waals surface area contributed by atoms with Crippen molar-refractivity contribution in [1.29, 1.82) is 0 Å². The Hall–Kier alpha value is -0.630. The topological polar surface area (TPSA) is 64.3 Å². The van der Waals surface area contributed by atoms with Crippen LogP contribution in [0.25, 0.3) is 0 Å². The normalized spacial score (nSPS) is 23.2. The van der Waals surface area contributed by atoms with Gasteiger partial charge in [0.25, 0.3) is 0 Å². The molecule has 2 rings (SSSR count). The maximum absolute atomic E-state index is 11.6. The van der Waals surface area contributed by atoms with E-state index in [9.17, 15) is 4.79 Å². The van der Waals surface area contributed by atoms with E-state index in [0.29, 0.717) is 24.3 Å². The molecule has 5 nitrogen and oxygen atoms in total. The molecular weight excluding hydrogens is 335 g/mol. The standard InChI is InChI=1S/C11H15IN2O3/c1-2-17-11(16)10-9(12)5-14(13-10)8-3-7(4-8)6-15/h5,7-8,15H,2-4,6H2,1H3/t7-,8-. The van der Waals surface area contributed by atoms with Crippen LogP contribution in [0.2, 0.25) is 0 Å². The molecule has 6 heteroatoms. The molecule has 1 fully saturated rings. The predicted octanol–water partition coefficient (Wildman–Crippen LogP) is 1.61. The molecule has 94 valence electrons. The summed E-state index contributed by atoms with van der Waals surface area (Å²) in [6, 6.07) is 0.309. The molecule has 0 aromatic carbocycles. The Morgan fingerprint density at radius 3 is 3.00 bits per heavy atom. The van der Waals surface area contributed by atoms with Crippen molar-refractivity contribution in [1.82, 2.24) is 9.78 Å². The highest BCUT2D eigenvalue weighted by molar-refractivity contribution is 14.1. The van der Waals surface area contributed by atoms with Crippen molar-refractivity contribution in [3.63, 3.8) is 0 Å². The van der Waals surface area contributed by atoms with Gasteiger partial charge in [0, 0.05) is 12.8 Å². The number of esters is 1. The zero-order chi connectivity index (χ0) is 12.4. The van der Waals surface area contributed by atoms with Crippen molar-refractivity contribution in [2.45, 2.75) is 25.8 Å². The highest BCUT2D eigenvalue weighted by Gasteiger charge is 2.31. The van der Waals surface area contributed by atoms with E-state index in [4.69, 9.17) is 9.84 Å². The average Bonchev–Trinajstić information content (AvgIpc) is 2.59. The number of hydrogen-bond acceptors (Lipinski definition) is 4. The second-order valence-electron chi connectivity index (χ2n) is 4.20. The molecule has 0 aliphatic heterocycles. The molecule has 1 aliphatic carbocycles. The van der Waals surface area contributed by atoms with Crippen LogP contribution in [0.1, 0.15) is 36.3 Å². The van der Waals surface area contributed by atoms with Crippen LogP contribution in [0.3, 0.4) is 0 Å². The van der Waals surface area contributed by atoms with Gasteiger partial charge in [0.1, 0.15) is 0 Å². The Kier molecular flexibility index (Phi) is 4.03. The van der Waals surface area contributed by atoms with Gasteiger partial charge in [-0.15, -0.1) is 0 Å². The Morgan fingerprint density at radius 2 is 2.41 bits per heavy atom. The van der Waals surface area contributed by atoms with Crippen LogP contribution in [0, 0.1) is 9.49 Å². The fourth-order valence-corrected chi connectivity index (χ4v) is 2.57. The number of nitrogens with zero attached hydrogens (tertiary/aromatic N) is 2. The summed E-state index contributed by atoms with van der Waals surface area (Å²) in [5.41, 5.74) is 0.389. The summed E-state index contributed by atoms with van der Waals surface area (Å²) in [7, 11) is 0. The minimum Gasteiger partial charge on any atom is -0.461 e. The molecule has 0 bridgehead atoms. The van der Waals surface area contributed by atoms with Gasteiger partial charge in [-0.3, -0.25) is 4.68 Å². The number of carbonyl (C=O) groups is 1. The molecule has 1 aromatic rings. The smallest absolute Gasteiger partial charge is 0.359 e. The van der Waals surface area contributed by atoms with Crippen molar-refractivity contribution in [2.24, 2.45) is 5.92 Å². The second kappa shape index (κ2) is 5.34. The quantitative estimate of drug-likeness (QED) is 0.662. The van der Waals surface area contributed by atoms with E-state index >= 15 is 0 Å². The van der Waals surface area contributed by atoms with Gasteiger partial charge in [-0.05, 0) is 48.3 Å². The molecule has 1 saturated carbocycles. The Morgan fingerprint density at radius 1 is 1.71 bits per heavy atom. The van der Waals surface area contributed by atoms with E-state index in [1.54, 1.807) is 6.92 Å². The van der Waals surface area contributed by atoms with Gasteiger partial charge in [-0.2, -0.15) is 5.10 Å². The molecule has 0 amide bonds. The zero-order valence-electron chi connectivity index (χ0n) is 9.60. The Bertz CT molecular complexity index is 413. The Balaban J connectivity index is 2.06. The first kappa shape index (κ1) is 12.8. The van der Waals surface area contributed by atoms with Crippen LogP contribution in [-0.4, -0.2) is 34.1 Å². The van der Waals surface area contributed by atoms with Crippen LogP contribution in [0.4, 0.5) is 0 Å². The fraction of sp³-hybridized carbons (Fsp3) is 0.636. The number of hydrogen-bond donors (Lipinski definition) is 1. The lowest BCUT2D eigenvalue weighted by molar-refractivity contribution is 0.0514. The third kappa shape index (κ3) is 2.62. The van der Waals surface area contributed by atoms with Crippen molar-refractivity contribution >= 4 is 28.6 Å². The molecule has 1 aliphatic rings. The maximum atomic E-state index is 11.6. The first-order valence-corrected chi connectivity index (χ1v) is 6.76. The lowest BCUT2D eigenvalue weighted by Crippen LogP contribution is -2.29. The van der Waals surface area contributed by atoms with E-state index in [0.717, 1.165) is 16.4 Å². The van der Waals surface area contributed by atoms with Crippen molar-refractivity contribution in [3.05, 3.63) is 15.5 Å². The first-order valence-electron chi connectivity index (χ1n) is 5.68. The second-order valence-corrected chi connectivity index (χ2v) is 5.36. The summed E-state index contributed by atoms with van der Waals surface area (Å²) in [6.07, 6.45) is 3.72. The molecule has 0 saturated heterocycles. The van der Waals surface area contributed by atoms with Gasteiger partial charge in [0.2, 0.25) is 0 Å². The van der Waals surface area contributed by atoms with Gasteiger partial charge >= 0.3 is 5.97 Å². The molecule has 0 radical (unpaired) electrons. The summed E-state index contributed by atoms with van der Waals surface area (Å²) in [5.74, 6) is 0.0154. The third-order valence-corrected chi connectivity index (χ3v) is 3.79. The summed E-state index contributed by atoms with van der Waals surface area (Å²) >= 11 is 2.09. The fourth-order valence-electron chi connectivity index (χ4n) is 1.96. The molecule has 1 heterocycles. The van der Waals surface area contributed by atoms with Gasteiger partial charge in [0.15, 0.2) is 5.69 Å². The maximum Gasteiger partial charge on any atom is 0.359 e. The van der Waals surface area contributed by atoms with E-state index in [1.165, 1.54) is 0 Å². The summed E-state index contributed by atoms with van der Waals surface area (Å²) in [4.78, 5) is 11.6. The molecule has 1 N–H and O–H groups in total. The van der Waals surface area contributed by atoms with Crippen molar-refractivity contribution in [3.8, 4) is 0 Å². The number of rotatable bonds is 4. The van der Waals surface area contributed by atoms with E-state index < -0.39 is 0 Å². The van der Waals surface area contributed by atoms with Crippen LogP contribution < -0.4 is 0 Å². The zero-order valence-corrected chi connectivity index (χ0v) is 11.8. The van der Waals surface area contributed by atoms with Crippen LogP contribution >= 0.6 is 22.6 Å². The van der Waals surface area contributed by atoms with Gasteiger partial charge in [-0.1, -0.05) is 0 Å². The number of aliphatic hydroxyl groups is 1. The van der Waals surface area contributed by atoms with Crippen LogP contribution in [0.5, 0.6) is 0 Å². The van der Waals surface area contributed by atoms with Gasteiger partial charge in [0.05, 0.1) is 16.2 Å². The summed E-state index contributed by atoms with van der Waals surface area (Å²) < 4.78 is 7.57. The number of carbonyl (C=O) groups excluding carboxylic acids is 1. The highest BCUT2D eigenvalue weighted by Crippen LogP contribution is 2.37. The van der Waals surface area contributed by atoms with Crippen molar-refractivity contribution in [2.75, 3.05) is 13.2 Å². The Labute approximate surface area is 113 Å². The molecule has 0 unspecified atom stereocenters. The van der Waals surface area contributed by atoms with Gasteiger partial charge in [-0.25, -0.2) is 4.79 Å². The first-order chi connectivity index (χ1) is 8.15. The third-order valence-electron chi connectivity index (χ3n) is 3.00. The number of aliphatic hydroxyl groups excluding tert-OH is 1. The lowest BCUT2D eigenvalue weighted by atomic mass is 9.81. The molecule has 0 atom stereocenters. The van der Waals surface area contributed by atoms with Crippen LogP contribution in [0.15, 0.2) is 6.20 Å². The van der Waals surface area contributed by atoms with E-state index in [1.807, 2.05) is 10.9 Å². The monoisotopic (exact) mass is 350 g/mol. The molecule has 1 aromatic heterocycles. The summed E-state index contributed by atoms with van der Waals surface area (Å²) in [5, 5.41) is 13.2. The molecular formula is C11H15IN2O3. The highest BCUT2D eigenvalue weighted by atomic mass is 127. The van der Waals surface area contributed by atoms with E-state index in [-0.39, 0.29) is 12.6 Å². The van der Waals surface area contributed by atoms with Crippen LogP contribution in [-0.2, 0) is 4.74 Å². The largest absolute Gasteiger partial charge is 0.461 e. The van der Waals surface area contributed by atoms with E-state index in [2.05, 4.69) is 27.7 Å². The van der Waals surface area contributed by atoms with Gasteiger partial charge < -0.3 is 9.84 Å². The molecule has 17 heavy (non-hydrogen) atoms. The minimum absolute atomic E-state index is 0.236. The minimum atomic E-state index is -0.367. The lowest BCUT2D eigenvalue weighted by Gasteiger charge is -2.33. The molecule has 0 spiro atoms. The summed E-state index contributed by atoms with van der Waals surface area (Å²) in [6.45, 7) is 2.37. The number of aromatic nitrogens is 2.